The molecule has 10 nitrogen and oxygen atoms in total. The Labute approximate surface area is 285 Å². The van der Waals surface area contributed by atoms with E-state index >= 15 is 0 Å². The van der Waals surface area contributed by atoms with Crippen LogP contribution in [0.3, 0.4) is 0 Å². The minimum absolute atomic E-state index is 0.103. The Morgan fingerprint density at radius 2 is 1.83 bits per heavy atom. The van der Waals surface area contributed by atoms with Crippen molar-refractivity contribution in [3.63, 3.8) is 0 Å². The monoisotopic (exact) mass is 693 g/mol. The van der Waals surface area contributed by atoms with E-state index in [2.05, 4.69) is 17.1 Å². The van der Waals surface area contributed by atoms with Crippen molar-refractivity contribution < 1.29 is 33.6 Å². The number of benzene rings is 3. The summed E-state index contributed by atoms with van der Waals surface area (Å²) >= 11 is 8.93. The Kier molecular flexibility index (Phi) is 10.2. The van der Waals surface area contributed by atoms with Crippen LogP contribution in [-0.2, 0) is 15.3 Å². The Morgan fingerprint density at radius 3 is 2.62 bits per heavy atom. The number of unbranched alkanes of at least 4 members (excludes halogenated alkanes) is 1. The molecule has 3 heterocycles. The van der Waals surface area contributed by atoms with Crippen LogP contribution < -0.4 is 23.8 Å². The molecule has 1 aromatic heterocycles. The highest BCUT2D eigenvalue weighted by Gasteiger charge is 2.48. The van der Waals surface area contributed by atoms with Crippen LogP contribution in [0.4, 0.5) is 5.13 Å². The first-order valence-electron chi connectivity index (χ1n) is 15.2. The number of ether oxygens (including phenoxy) is 4. The predicted molar refractivity (Wildman–Crippen MR) is 181 cm³/mol. The SMILES string of the molecule is CCCCOc1ccc([C@H]2/C(=C(\O)c3ccc4c(c3)OCCO4)C(=O)C(=O)N2c2nnc(SCc3ccccc3Cl)s2)cc1OCC. The minimum atomic E-state index is -1.04. The van der Waals surface area contributed by atoms with Gasteiger partial charge in [0.15, 0.2) is 27.3 Å². The van der Waals surface area contributed by atoms with Crippen LogP contribution >= 0.6 is 34.7 Å². The first-order chi connectivity index (χ1) is 22.9. The van der Waals surface area contributed by atoms with E-state index in [0.717, 1.165) is 18.4 Å². The topological polar surface area (TPSA) is 120 Å². The highest BCUT2D eigenvalue weighted by molar-refractivity contribution is 8.00. The molecular weight excluding hydrogens is 662 g/mol. The molecule has 0 unspecified atom stereocenters. The van der Waals surface area contributed by atoms with Gasteiger partial charge in [-0.05, 0) is 60.9 Å². The van der Waals surface area contributed by atoms with E-state index in [-0.39, 0.29) is 16.5 Å². The maximum Gasteiger partial charge on any atom is 0.301 e. The molecule has 1 amide bonds. The van der Waals surface area contributed by atoms with Gasteiger partial charge in [0, 0.05) is 16.3 Å². The van der Waals surface area contributed by atoms with Gasteiger partial charge >= 0.3 is 5.91 Å². The number of aliphatic hydroxyl groups excluding tert-OH is 1. The van der Waals surface area contributed by atoms with E-state index in [9.17, 15) is 14.7 Å². The fraction of sp³-hybridized carbons (Fsp3) is 0.294. The fourth-order valence-corrected chi connectivity index (χ4v) is 7.37. The van der Waals surface area contributed by atoms with Crippen LogP contribution in [0.25, 0.3) is 5.76 Å². The Hall–Kier alpha value is -4.26. The van der Waals surface area contributed by atoms with E-state index in [1.165, 1.54) is 28.0 Å². The van der Waals surface area contributed by atoms with Crippen LogP contribution in [0.1, 0.15) is 49.4 Å². The van der Waals surface area contributed by atoms with Gasteiger partial charge in [-0.3, -0.25) is 14.5 Å². The van der Waals surface area contributed by atoms with Crippen LogP contribution in [0.5, 0.6) is 23.0 Å². The van der Waals surface area contributed by atoms with Crippen molar-refractivity contribution in [3.05, 3.63) is 87.9 Å². The summed E-state index contributed by atoms with van der Waals surface area (Å²) in [7, 11) is 0. The van der Waals surface area contributed by atoms with Gasteiger partial charge in [0.2, 0.25) is 5.13 Å². The van der Waals surface area contributed by atoms with Gasteiger partial charge in [-0.15, -0.1) is 10.2 Å². The molecule has 1 fully saturated rings. The highest BCUT2D eigenvalue weighted by atomic mass is 35.5. The number of rotatable bonds is 12. The predicted octanol–water partition coefficient (Wildman–Crippen LogP) is 7.46. The minimum Gasteiger partial charge on any atom is -0.507 e. The lowest BCUT2D eigenvalue weighted by atomic mass is 9.95. The quantitative estimate of drug-likeness (QED) is 0.0400. The number of hydrogen-bond acceptors (Lipinski definition) is 11. The first kappa shape index (κ1) is 32.7. The van der Waals surface area contributed by atoms with Crippen molar-refractivity contribution in [2.45, 2.75) is 42.8 Å². The molecule has 0 spiro atoms. The third-order valence-electron chi connectivity index (χ3n) is 7.51. The summed E-state index contributed by atoms with van der Waals surface area (Å²) in [5, 5.41) is 21.2. The number of aromatic nitrogens is 2. The summed E-state index contributed by atoms with van der Waals surface area (Å²) in [6.45, 7) is 5.58. The second kappa shape index (κ2) is 14.7. The Morgan fingerprint density at radius 1 is 1.02 bits per heavy atom. The zero-order valence-electron chi connectivity index (χ0n) is 25.7. The van der Waals surface area contributed by atoms with Crippen molar-refractivity contribution >= 4 is 57.3 Å². The van der Waals surface area contributed by atoms with E-state index in [1.54, 1.807) is 36.4 Å². The van der Waals surface area contributed by atoms with Crippen molar-refractivity contribution in [2.24, 2.45) is 0 Å². The summed E-state index contributed by atoms with van der Waals surface area (Å²) in [4.78, 5) is 28.9. The zero-order valence-corrected chi connectivity index (χ0v) is 28.1. The van der Waals surface area contributed by atoms with Crippen molar-refractivity contribution in [2.75, 3.05) is 31.3 Å². The molecule has 0 bridgehead atoms. The number of thioether (sulfide) groups is 1. The first-order valence-corrected chi connectivity index (χ1v) is 17.4. The van der Waals surface area contributed by atoms with Crippen molar-refractivity contribution in [1.82, 2.24) is 10.2 Å². The second-order valence-corrected chi connectivity index (χ2v) is 13.2. The average Bonchev–Trinajstić information content (AvgIpc) is 3.66. The molecule has 2 aliphatic rings. The van der Waals surface area contributed by atoms with Crippen LogP contribution in [0.2, 0.25) is 5.02 Å². The number of hydrogen-bond donors (Lipinski definition) is 1. The van der Waals surface area contributed by atoms with E-state index in [4.69, 9.17) is 30.5 Å². The number of amides is 1. The molecule has 0 aliphatic carbocycles. The largest absolute Gasteiger partial charge is 0.507 e. The molecule has 6 rings (SSSR count). The molecule has 47 heavy (non-hydrogen) atoms. The number of anilines is 1. The van der Waals surface area contributed by atoms with Gasteiger partial charge in [-0.2, -0.15) is 0 Å². The molecule has 1 atom stereocenters. The molecule has 1 N–H and O–H groups in total. The van der Waals surface area contributed by atoms with Crippen molar-refractivity contribution in [1.29, 1.82) is 0 Å². The summed E-state index contributed by atoms with van der Waals surface area (Å²) in [6.07, 6.45) is 1.84. The molecule has 13 heteroatoms. The molecule has 1 saturated heterocycles. The third kappa shape index (κ3) is 6.90. The number of carbonyl (C=O) groups excluding carboxylic acids is 2. The van der Waals surface area contributed by atoms with Crippen LogP contribution in [0.15, 0.2) is 70.6 Å². The summed E-state index contributed by atoms with van der Waals surface area (Å²) in [5.41, 5.74) is 1.65. The van der Waals surface area contributed by atoms with E-state index in [1.807, 2.05) is 31.2 Å². The number of Topliss-reactive ketones (excluding diaryl/α,β-unsaturated/α-hetero) is 1. The number of ketones is 1. The maximum atomic E-state index is 13.8. The average molecular weight is 694 g/mol. The Balaban J connectivity index is 1.42. The number of fused-ring (bicyclic) bond motifs is 1. The van der Waals surface area contributed by atoms with Crippen LogP contribution in [-0.4, -0.2) is 53.4 Å². The molecule has 0 radical (unpaired) electrons. The Bertz CT molecular complexity index is 1830. The van der Waals surface area contributed by atoms with Gasteiger partial charge in [0.1, 0.15) is 19.0 Å². The van der Waals surface area contributed by atoms with Gasteiger partial charge in [0.25, 0.3) is 5.78 Å². The normalized spacial score (nSPS) is 16.8. The van der Waals surface area contributed by atoms with E-state index < -0.39 is 17.7 Å². The summed E-state index contributed by atoms with van der Waals surface area (Å²) < 4.78 is 23.8. The molecule has 244 valence electrons. The maximum absolute atomic E-state index is 13.8. The fourth-order valence-electron chi connectivity index (χ4n) is 5.21. The number of halogens is 1. The lowest BCUT2D eigenvalue weighted by molar-refractivity contribution is -0.132. The molecule has 4 aromatic rings. The highest BCUT2D eigenvalue weighted by Crippen LogP contribution is 2.46. The zero-order chi connectivity index (χ0) is 32.9. The van der Waals surface area contributed by atoms with E-state index in [0.29, 0.717) is 75.7 Å². The molecular formula is C34H32ClN3O7S2. The molecule has 3 aromatic carbocycles. The number of carbonyl (C=O) groups is 2. The molecule has 2 aliphatic heterocycles. The number of aliphatic hydroxyl groups is 1. The third-order valence-corrected chi connectivity index (χ3v) is 9.98. The standard InChI is InChI=1S/C34H32ClN3O7S2/c1-3-5-14-43-24-12-10-20(17-26(24)42-4-2)29-28(30(39)21-11-13-25-27(18-21)45-16-15-44-25)31(40)32(41)38(29)33-36-37-34(47-33)46-19-22-8-6-7-9-23(22)35/h6-13,17-18,29,39H,3-5,14-16,19H2,1-2H3/b30-28+/t29-/m0/s1. The lowest BCUT2D eigenvalue weighted by Crippen LogP contribution is -2.29. The summed E-state index contributed by atoms with van der Waals surface area (Å²) in [5.74, 6) is 0.451. The second-order valence-electron chi connectivity index (χ2n) is 10.6. The van der Waals surface area contributed by atoms with Crippen LogP contribution in [0, 0.1) is 0 Å². The van der Waals surface area contributed by atoms with Gasteiger partial charge in [-0.25, -0.2) is 0 Å². The number of nitrogens with zero attached hydrogens (tertiary/aromatic N) is 3. The van der Waals surface area contributed by atoms with Gasteiger partial charge < -0.3 is 24.1 Å². The van der Waals surface area contributed by atoms with Gasteiger partial charge in [0.05, 0.1) is 24.8 Å². The van der Waals surface area contributed by atoms with Crippen molar-refractivity contribution in [3.8, 4) is 23.0 Å². The summed E-state index contributed by atoms with van der Waals surface area (Å²) in [6, 6.07) is 16.6. The molecule has 0 saturated carbocycles. The van der Waals surface area contributed by atoms with Gasteiger partial charge in [-0.1, -0.05) is 72.3 Å². The smallest absolute Gasteiger partial charge is 0.301 e. The lowest BCUT2D eigenvalue weighted by Gasteiger charge is -2.24.